The van der Waals surface area contributed by atoms with Crippen molar-refractivity contribution in [1.29, 1.82) is 0 Å². The van der Waals surface area contributed by atoms with E-state index in [0.717, 1.165) is 0 Å². The van der Waals surface area contributed by atoms with E-state index < -0.39 is 25.8 Å². The van der Waals surface area contributed by atoms with Gasteiger partial charge in [-0.1, -0.05) is 0 Å². The summed E-state index contributed by atoms with van der Waals surface area (Å²) >= 11 is 0. The lowest BCUT2D eigenvalue weighted by Crippen LogP contribution is -2.45. The van der Waals surface area contributed by atoms with E-state index in [1.54, 1.807) is 20.8 Å². The molecule has 0 amide bonds. The third-order valence-corrected chi connectivity index (χ3v) is 4.93. The van der Waals surface area contributed by atoms with E-state index in [4.69, 9.17) is 4.74 Å². The third kappa shape index (κ3) is 2.26. The molecule has 0 aliphatic heterocycles. The van der Waals surface area contributed by atoms with Gasteiger partial charge in [0.05, 0.1) is 11.9 Å². The van der Waals surface area contributed by atoms with Gasteiger partial charge in [-0.2, -0.15) is 0 Å². The Bertz CT molecular complexity index is 301. The van der Waals surface area contributed by atoms with Crippen LogP contribution in [-0.4, -0.2) is 31.0 Å². The first-order chi connectivity index (χ1) is 6.17. The van der Waals surface area contributed by atoms with E-state index in [-0.39, 0.29) is 6.61 Å². The van der Waals surface area contributed by atoms with Gasteiger partial charge >= 0.3 is 5.97 Å². The molecule has 5 heteroatoms. The van der Waals surface area contributed by atoms with Crippen LogP contribution in [0, 0.1) is 0 Å². The first-order valence-corrected chi connectivity index (χ1v) is 6.13. The molecule has 0 fully saturated rings. The SMILES string of the molecule is CCOC(=O)C(C)(C)S(=O)(=O)C(C)C. The summed E-state index contributed by atoms with van der Waals surface area (Å²) in [6.07, 6.45) is 0. The summed E-state index contributed by atoms with van der Waals surface area (Å²) < 4.78 is 26.8. The molecule has 0 unspecified atom stereocenters. The van der Waals surface area contributed by atoms with Crippen molar-refractivity contribution in [3.8, 4) is 0 Å². The third-order valence-electron chi connectivity index (χ3n) is 2.10. The smallest absolute Gasteiger partial charge is 0.326 e. The molecule has 0 atom stereocenters. The Labute approximate surface area is 85.6 Å². The molecule has 0 saturated carbocycles. The number of hydrogen-bond acceptors (Lipinski definition) is 4. The molecule has 0 radical (unpaired) electrons. The van der Waals surface area contributed by atoms with Gasteiger partial charge in [0.15, 0.2) is 14.6 Å². The highest BCUT2D eigenvalue weighted by atomic mass is 32.2. The quantitative estimate of drug-likeness (QED) is 0.669. The van der Waals surface area contributed by atoms with Crippen molar-refractivity contribution in [2.45, 2.75) is 44.6 Å². The summed E-state index contributed by atoms with van der Waals surface area (Å²) in [6, 6.07) is 0. The molecule has 0 aromatic rings. The summed E-state index contributed by atoms with van der Waals surface area (Å²) in [7, 11) is -3.47. The minimum Gasteiger partial charge on any atom is -0.465 e. The summed E-state index contributed by atoms with van der Waals surface area (Å²) in [6.45, 7) is 7.69. The second kappa shape index (κ2) is 4.29. The zero-order chi connectivity index (χ0) is 11.6. The molecule has 0 aliphatic carbocycles. The van der Waals surface area contributed by atoms with Crippen LogP contribution in [0.3, 0.4) is 0 Å². The Morgan fingerprint density at radius 2 is 1.79 bits per heavy atom. The molecular formula is C9H18O4S. The summed E-state index contributed by atoms with van der Waals surface area (Å²) in [5.41, 5.74) is 0. The predicted octanol–water partition coefficient (Wildman–Crippen LogP) is 1.15. The molecule has 0 rings (SSSR count). The molecule has 0 heterocycles. The normalized spacial score (nSPS) is 13.0. The number of carbonyl (C=O) groups is 1. The highest BCUT2D eigenvalue weighted by Gasteiger charge is 2.44. The number of sulfone groups is 1. The molecule has 0 N–H and O–H groups in total. The van der Waals surface area contributed by atoms with Gasteiger partial charge in [0.25, 0.3) is 0 Å². The molecule has 0 aromatic heterocycles. The fourth-order valence-corrected chi connectivity index (χ4v) is 2.48. The Morgan fingerprint density at radius 3 is 2.07 bits per heavy atom. The van der Waals surface area contributed by atoms with Crippen molar-refractivity contribution in [3.05, 3.63) is 0 Å². The Balaban J connectivity index is 5.06. The minimum absolute atomic E-state index is 0.190. The maximum absolute atomic E-state index is 11.8. The van der Waals surface area contributed by atoms with Gasteiger partial charge in [-0.15, -0.1) is 0 Å². The van der Waals surface area contributed by atoms with Crippen LogP contribution in [0.2, 0.25) is 0 Å². The average molecular weight is 222 g/mol. The van der Waals surface area contributed by atoms with Crippen molar-refractivity contribution >= 4 is 15.8 Å². The van der Waals surface area contributed by atoms with Crippen LogP contribution in [-0.2, 0) is 19.4 Å². The maximum atomic E-state index is 11.8. The average Bonchev–Trinajstić information content (AvgIpc) is 2.04. The summed E-state index contributed by atoms with van der Waals surface area (Å²) in [4.78, 5) is 11.4. The second-order valence-corrected chi connectivity index (χ2v) is 6.88. The molecule has 0 saturated heterocycles. The fraction of sp³-hybridized carbons (Fsp3) is 0.889. The Morgan fingerprint density at radius 1 is 1.36 bits per heavy atom. The van der Waals surface area contributed by atoms with Gasteiger partial charge < -0.3 is 4.74 Å². The van der Waals surface area contributed by atoms with E-state index in [1.165, 1.54) is 13.8 Å². The first kappa shape index (κ1) is 13.4. The minimum atomic E-state index is -3.47. The zero-order valence-corrected chi connectivity index (χ0v) is 10.1. The van der Waals surface area contributed by atoms with Crippen LogP contribution < -0.4 is 0 Å². The molecule has 0 aliphatic rings. The monoisotopic (exact) mass is 222 g/mol. The maximum Gasteiger partial charge on any atom is 0.326 e. The van der Waals surface area contributed by atoms with Crippen LogP contribution in [0.1, 0.15) is 34.6 Å². The van der Waals surface area contributed by atoms with E-state index in [9.17, 15) is 13.2 Å². The van der Waals surface area contributed by atoms with E-state index >= 15 is 0 Å². The van der Waals surface area contributed by atoms with Gasteiger partial charge in [-0.3, -0.25) is 4.79 Å². The standard InChI is InChI=1S/C9H18O4S/c1-6-13-8(10)9(4,5)14(11,12)7(2)3/h7H,6H2,1-5H3. The van der Waals surface area contributed by atoms with Gasteiger partial charge in [-0.05, 0) is 34.6 Å². The molecule has 0 spiro atoms. The number of ether oxygens (including phenoxy) is 1. The van der Waals surface area contributed by atoms with Crippen LogP contribution >= 0.6 is 0 Å². The largest absolute Gasteiger partial charge is 0.465 e. The molecule has 84 valence electrons. The Kier molecular flexibility index (Phi) is 4.12. The zero-order valence-electron chi connectivity index (χ0n) is 9.33. The Hall–Kier alpha value is -0.580. The van der Waals surface area contributed by atoms with E-state index in [1.807, 2.05) is 0 Å². The molecule has 4 nitrogen and oxygen atoms in total. The van der Waals surface area contributed by atoms with Crippen LogP contribution in [0.4, 0.5) is 0 Å². The number of hydrogen-bond donors (Lipinski definition) is 0. The second-order valence-electron chi connectivity index (χ2n) is 3.82. The van der Waals surface area contributed by atoms with Gasteiger partial charge in [0.1, 0.15) is 0 Å². The van der Waals surface area contributed by atoms with E-state index in [2.05, 4.69) is 0 Å². The van der Waals surface area contributed by atoms with Gasteiger partial charge in [-0.25, -0.2) is 8.42 Å². The van der Waals surface area contributed by atoms with E-state index in [0.29, 0.717) is 0 Å². The van der Waals surface area contributed by atoms with Crippen molar-refractivity contribution in [2.75, 3.05) is 6.61 Å². The molecule has 0 aromatic carbocycles. The number of rotatable bonds is 4. The lowest BCUT2D eigenvalue weighted by atomic mass is 10.2. The fourth-order valence-electron chi connectivity index (χ4n) is 1.01. The lowest BCUT2D eigenvalue weighted by Gasteiger charge is -2.24. The number of esters is 1. The van der Waals surface area contributed by atoms with Crippen LogP contribution in [0.5, 0.6) is 0 Å². The molecular weight excluding hydrogens is 204 g/mol. The van der Waals surface area contributed by atoms with Crippen LogP contribution in [0.25, 0.3) is 0 Å². The topological polar surface area (TPSA) is 60.4 Å². The number of carbonyl (C=O) groups excluding carboxylic acids is 1. The van der Waals surface area contributed by atoms with Crippen molar-refractivity contribution < 1.29 is 17.9 Å². The van der Waals surface area contributed by atoms with Crippen molar-refractivity contribution in [3.63, 3.8) is 0 Å². The van der Waals surface area contributed by atoms with Crippen molar-refractivity contribution in [1.82, 2.24) is 0 Å². The predicted molar refractivity (Wildman–Crippen MR) is 54.8 cm³/mol. The highest BCUT2D eigenvalue weighted by molar-refractivity contribution is 7.94. The van der Waals surface area contributed by atoms with Crippen LogP contribution in [0.15, 0.2) is 0 Å². The molecule has 14 heavy (non-hydrogen) atoms. The highest BCUT2D eigenvalue weighted by Crippen LogP contribution is 2.22. The first-order valence-electron chi connectivity index (χ1n) is 4.58. The van der Waals surface area contributed by atoms with Gasteiger partial charge in [0.2, 0.25) is 0 Å². The summed E-state index contributed by atoms with van der Waals surface area (Å²) in [5, 5.41) is -0.582. The lowest BCUT2D eigenvalue weighted by molar-refractivity contribution is -0.145. The van der Waals surface area contributed by atoms with Gasteiger partial charge in [0, 0.05) is 0 Å². The summed E-state index contributed by atoms with van der Waals surface area (Å²) in [5.74, 6) is -0.686. The van der Waals surface area contributed by atoms with Crippen molar-refractivity contribution in [2.24, 2.45) is 0 Å². The molecule has 0 bridgehead atoms.